The van der Waals surface area contributed by atoms with Crippen LogP contribution in [-0.2, 0) is 20.7 Å². The minimum Gasteiger partial charge on any atom is -0.496 e. The van der Waals surface area contributed by atoms with Gasteiger partial charge in [-0.2, -0.15) is 8.42 Å². The zero-order valence-electron chi connectivity index (χ0n) is 13.7. The van der Waals surface area contributed by atoms with Gasteiger partial charge in [0.15, 0.2) is 0 Å². The predicted octanol–water partition coefficient (Wildman–Crippen LogP) is 3.56. The molecule has 7 heteroatoms. The maximum atomic E-state index is 12.2. The minimum atomic E-state index is -3.76. The highest BCUT2D eigenvalue weighted by atomic mass is 127. The molecule has 0 fully saturated rings. The first kappa shape index (κ1) is 19.0. The molecule has 0 amide bonds. The third kappa shape index (κ3) is 4.61. The number of halogens is 1. The lowest BCUT2D eigenvalue weighted by atomic mass is 10.1. The van der Waals surface area contributed by atoms with E-state index in [0.29, 0.717) is 17.9 Å². The summed E-state index contributed by atoms with van der Waals surface area (Å²) in [6.45, 7) is 1.92. The molecule has 0 aliphatic carbocycles. The molecule has 0 aliphatic rings. The van der Waals surface area contributed by atoms with E-state index in [-0.39, 0.29) is 11.5 Å². The normalized spacial score (nSPS) is 11.3. The van der Waals surface area contributed by atoms with Crippen LogP contribution in [0.25, 0.3) is 0 Å². The van der Waals surface area contributed by atoms with Crippen molar-refractivity contribution in [2.45, 2.75) is 18.2 Å². The van der Waals surface area contributed by atoms with Crippen LogP contribution >= 0.6 is 22.6 Å². The molecule has 0 unspecified atom stereocenters. The molecule has 0 atom stereocenters. The first-order chi connectivity index (χ1) is 11.4. The predicted molar refractivity (Wildman–Crippen MR) is 100 cm³/mol. The SMILES string of the molecule is COc1cc(CCOS(=O)(=O)c2ccc(C)cc2)c(OC)cc1I. The van der Waals surface area contributed by atoms with E-state index in [0.717, 1.165) is 14.7 Å². The standard InChI is InChI=1S/C17H19IO5S/c1-12-4-6-14(7-5-12)24(19,20)23-9-8-13-10-17(22-3)15(18)11-16(13)21-2/h4-7,10-11H,8-9H2,1-3H3. The molecular weight excluding hydrogens is 443 g/mol. The molecule has 2 aromatic carbocycles. The molecule has 130 valence electrons. The molecule has 5 nitrogen and oxygen atoms in total. The average Bonchev–Trinajstić information content (AvgIpc) is 2.56. The summed E-state index contributed by atoms with van der Waals surface area (Å²) in [5.74, 6) is 1.39. The van der Waals surface area contributed by atoms with Crippen molar-refractivity contribution in [1.29, 1.82) is 0 Å². The minimum absolute atomic E-state index is 0.0241. The number of hydrogen-bond acceptors (Lipinski definition) is 5. The summed E-state index contributed by atoms with van der Waals surface area (Å²) in [7, 11) is -0.600. The van der Waals surface area contributed by atoms with Crippen LogP contribution in [0.15, 0.2) is 41.3 Å². The number of aryl methyl sites for hydroxylation is 1. The highest BCUT2D eigenvalue weighted by Crippen LogP contribution is 2.30. The molecule has 0 radical (unpaired) electrons. The molecule has 0 heterocycles. The Morgan fingerprint density at radius 3 is 2.21 bits per heavy atom. The average molecular weight is 462 g/mol. The van der Waals surface area contributed by atoms with Gasteiger partial charge in [0.2, 0.25) is 0 Å². The van der Waals surface area contributed by atoms with Crippen molar-refractivity contribution in [3.8, 4) is 11.5 Å². The van der Waals surface area contributed by atoms with Crippen LogP contribution < -0.4 is 9.47 Å². The van der Waals surface area contributed by atoms with E-state index in [1.165, 1.54) is 0 Å². The van der Waals surface area contributed by atoms with Crippen LogP contribution in [0, 0.1) is 10.5 Å². The smallest absolute Gasteiger partial charge is 0.296 e. The van der Waals surface area contributed by atoms with Gasteiger partial charge in [-0.15, -0.1) is 0 Å². The summed E-state index contributed by atoms with van der Waals surface area (Å²) in [5.41, 5.74) is 1.82. The fourth-order valence-electron chi connectivity index (χ4n) is 2.15. The summed E-state index contributed by atoms with van der Waals surface area (Å²) in [4.78, 5) is 0.153. The zero-order valence-corrected chi connectivity index (χ0v) is 16.7. The van der Waals surface area contributed by atoms with Crippen LogP contribution in [-0.4, -0.2) is 29.2 Å². The van der Waals surface area contributed by atoms with E-state index in [1.54, 1.807) is 38.5 Å². The number of rotatable bonds is 7. The Bertz CT molecular complexity index is 800. The van der Waals surface area contributed by atoms with Crippen molar-refractivity contribution >= 4 is 32.7 Å². The summed E-state index contributed by atoms with van der Waals surface area (Å²) in [6.07, 6.45) is 0.390. The van der Waals surface area contributed by atoms with E-state index >= 15 is 0 Å². The second-order valence-corrected chi connectivity index (χ2v) is 7.92. The van der Waals surface area contributed by atoms with Gasteiger partial charge >= 0.3 is 0 Å². The van der Waals surface area contributed by atoms with Crippen molar-refractivity contribution in [2.75, 3.05) is 20.8 Å². The first-order valence-electron chi connectivity index (χ1n) is 7.24. The Hall–Kier alpha value is -1.32. The Morgan fingerprint density at radius 1 is 1.00 bits per heavy atom. The van der Waals surface area contributed by atoms with Crippen molar-refractivity contribution in [3.63, 3.8) is 0 Å². The molecule has 0 aliphatic heterocycles. The topological polar surface area (TPSA) is 61.8 Å². The van der Waals surface area contributed by atoms with Crippen molar-refractivity contribution in [3.05, 3.63) is 51.1 Å². The van der Waals surface area contributed by atoms with Crippen LogP contribution in [0.2, 0.25) is 0 Å². The highest BCUT2D eigenvalue weighted by molar-refractivity contribution is 14.1. The number of ether oxygens (including phenoxy) is 2. The molecule has 0 aromatic heterocycles. The third-order valence-corrected chi connectivity index (χ3v) is 5.64. The Balaban J connectivity index is 2.09. The van der Waals surface area contributed by atoms with Crippen LogP contribution in [0.3, 0.4) is 0 Å². The number of methoxy groups -OCH3 is 2. The molecule has 24 heavy (non-hydrogen) atoms. The first-order valence-corrected chi connectivity index (χ1v) is 9.72. The van der Waals surface area contributed by atoms with Gasteiger partial charge in [0.05, 0.1) is 29.3 Å². The lowest BCUT2D eigenvalue weighted by molar-refractivity contribution is 0.318. The van der Waals surface area contributed by atoms with E-state index in [4.69, 9.17) is 13.7 Å². The maximum absolute atomic E-state index is 12.2. The van der Waals surface area contributed by atoms with Crippen molar-refractivity contribution < 1.29 is 22.1 Å². The highest BCUT2D eigenvalue weighted by Gasteiger charge is 2.16. The third-order valence-electron chi connectivity index (χ3n) is 3.47. The molecule has 0 spiro atoms. The molecule has 2 rings (SSSR count). The Kier molecular flexibility index (Phi) is 6.47. The Morgan fingerprint density at radius 2 is 1.62 bits per heavy atom. The number of benzene rings is 2. The molecular formula is C17H19IO5S. The summed E-state index contributed by atoms with van der Waals surface area (Å²) in [5, 5.41) is 0. The zero-order chi connectivity index (χ0) is 17.7. The second-order valence-electron chi connectivity index (χ2n) is 5.14. The maximum Gasteiger partial charge on any atom is 0.296 e. The lowest BCUT2D eigenvalue weighted by Crippen LogP contribution is -2.10. The second kappa shape index (κ2) is 8.17. The van der Waals surface area contributed by atoms with Crippen LogP contribution in [0.1, 0.15) is 11.1 Å². The van der Waals surface area contributed by atoms with Gasteiger partial charge in [-0.05, 0) is 53.8 Å². The van der Waals surface area contributed by atoms with Gasteiger partial charge in [0, 0.05) is 12.0 Å². The van der Waals surface area contributed by atoms with E-state index < -0.39 is 10.1 Å². The lowest BCUT2D eigenvalue weighted by Gasteiger charge is -2.12. The van der Waals surface area contributed by atoms with E-state index in [2.05, 4.69) is 22.6 Å². The monoisotopic (exact) mass is 462 g/mol. The van der Waals surface area contributed by atoms with E-state index in [9.17, 15) is 8.42 Å². The van der Waals surface area contributed by atoms with Crippen molar-refractivity contribution in [2.24, 2.45) is 0 Å². The Labute approximate surface area is 156 Å². The van der Waals surface area contributed by atoms with Gasteiger partial charge in [-0.3, -0.25) is 4.18 Å². The van der Waals surface area contributed by atoms with Gasteiger partial charge < -0.3 is 9.47 Å². The van der Waals surface area contributed by atoms with Crippen LogP contribution in [0.5, 0.6) is 11.5 Å². The summed E-state index contributed by atoms with van der Waals surface area (Å²) in [6, 6.07) is 10.2. The molecule has 2 aromatic rings. The fraction of sp³-hybridized carbons (Fsp3) is 0.294. The van der Waals surface area contributed by atoms with Gasteiger partial charge in [-0.1, -0.05) is 17.7 Å². The van der Waals surface area contributed by atoms with Gasteiger partial charge in [-0.25, -0.2) is 0 Å². The fourth-order valence-corrected chi connectivity index (χ4v) is 3.72. The molecule has 0 saturated heterocycles. The van der Waals surface area contributed by atoms with Gasteiger partial charge in [0.1, 0.15) is 11.5 Å². The summed E-state index contributed by atoms with van der Waals surface area (Å²) >= 11 is 2.15. The summed E-state index contributed by atoms with van der Waals surface area (Å²) < 4.78 is 41.1. The van der Waals surface area contributed by atoms with Crippen molar-refractivity contribution in [1.82, 2.24) is 0 Å². The van der Waals surface area contributed by atoms with E-state index in [1.807, 2.05) is 19.1 Å². The number of hydrogen-bond donors (Lipinski definition) is 0. The molecule has 0 N–H and O–H groups in total. The molecule has 0 bridgehead atoms. The van der Waals surface area contributed by atoms with Gasteiger partial charge in [0.25, 0.3) is 10.1 Å². The van der Waals surface area contributed by atoms with Crippen LogP contribution in [0.4, 0.5) is 0 Å². The molecule has 0 saturated carbocycles. The largest absolute Gasteiger partial charge is 0.496 e. The quantitative estimate of drug-likeness (QED) is 0.465.